The van der Waals surface area contributed by atoms with Gasteiger partial charge in [0.15, 0.2) is 10.6 Å². The van der Waals surface area contributed by atoms with Crippen molar-refractivity contribution in [2.45, 2.75) is 13.5 Å². The van der Waals surface area contributed by atoms with Gasteiger partial charge in [0, 0.05) is 6.54 Å². The predicted octanol–water partition coefficient (Wildman–Crippen LogP) is 2.70. The van der Waals surface area contributed by atoms with Gasteiger partial charge in [-0.3, -0.25) is 9.67 Å². The number of nitrogens with zero attached hydrogens (tertiary/aromatic N) is 2. The van der Waals surface area contributed by atoms with Gasteiger partial charge in [0.1, 0.15) is 5.76 Å². The van der Waals surface area contributed by atoms with Crippen molar-refractivity contribution < 1.29 is 4.42 Å². The van der Waals surface area contributed by atoms with Crippen LogP contribution >= 0.6 is 12.2 Å². The number of rotatable bonds is 3. The van der Waals surface area contributed by atoms with Crippen LogP contribution in [0.1, 0.15) is 5.76 Å². The molecule has 4 nitrogen and oxygen atoms in total. The summed E-state index contributed by atoms with van der Waals surface area (Å²) in [4.78, 5) is 0. The lowest BCUT2D eigenvalue weighted by Crippen LogP contribution is -1.98. The summed E-state index contributed by atoms with van der Waals surface area (Å²) in [6.07, 6.45) is 3.42. The van der Waals surface area contributed by atoms with E-state index in [9.17, 15) is 0 Å². The van der Waals surface area contributed by atoms with Crippen molar-refractivity contribution in [2.24, 2.45) is 0 Å². The van der Waals surface area contributed by atoms with Crippen LogP contribution in [-0.4, -0.2) is 14.8 Å². The van der Waals surface area contributed by atoms with Crippen LogP contribution in [0.4, 0.5) is 0 Å². The SMILES string of the molecule is C=CCn1c(-c2ccoc2C)n[nH]c1=S. The lowest BCUT2D eigenvalue weighted by Gasteiger charge is -2.01. The van der Waals surface area contributed by atoms with E-state index in [1.165, 1.54) is 0 Å². The maximum Gasteiger partial charge on any atom is 0.195 e. The van der Waals surface area contributed by atoms with Gasteiger partial charge in [0.2, 0.25) is 0 Å². The second kappa shape index (κ2) is 3.86. The number of aryl methyl sites for hydroxylation is 1. The van der Waals surface area contributed by atoms with E-state index < -0.39 is 0 Å². The Morgan fingerprint density at radius 1 is 1.73 bits per heavy atom. The van der Waals surface area contributed by atoms with Crippen molar-refractivity contribution in [3.8, 4) is 11.4 Å². The molecule has 2 aromatic rings. The van der Waals surface area contributed by atoms with E-state index in [0.29, 0.717) is 11.3 Å². The first kappa shape index (κ1) is 9.92. The van der Waals surface area contributed by atoms with Gasteiger partial charge < -0.3 is 4.42 Å². The lowest BCUT2D eigenvalue weighted by atomic mass is 10.2. The summed E-state index contributed by atoms with van der Waals surface area (Å²) in [5.74, 6) is 1.61. The Morgan fingerprint density at radius 2 is 2.53 bits per heavy atom. The van der Waals surface area contributed by atoms with Gasteiger partial charge in [-0.1, -0.05) is 6.08 Å². The predicted molar refractivity (Wildman–Crippen MR) is 60.0 cm³/mol. The van der Waals surface area contributed by atoms with E-state index in [1.807, 2.05) is 17.6 Å². The molecule has 0 saturated heterocycles. The molecule has 5 heteroatoms. The first-order valence-electron chi connectivity index (χ1n) is 4.54. The highest BCUT2D eigenvalue weighted by Crippen LogP contribution is 2.22. The van der Waals surface area contributed by atoms with Gasteiger partial charge in [-0.15, -0.1) is 6.58 Å². The minimum absolute atomic E-state index is 0.588. The van der Waals surface area contributed by atoms with Gasteiger partial charge in [-0.05, 0) is 25.2 Å². The van der Waals surface area contributed by atoms with Gasteiger partial charge in [-0.25, -0.2) is 0 Å². The molecule has 15 heavy (non-hydrogen) atoms. The number of furan rings is 1. The van der Waals surface area contributed by atoms with Crippen molar-refractivity contribution in [3.63, 3.8) is 0 Å². The standard InChI is InChI=1S/C10H11N3OS/c1-3-5-13-9(11-12-10(13)15)8-4-6-14-7(8)2/h3-4,6H,1,5H2,2H3,(H,12,15). The van der Waals surface area contributed by atoms with Gasteiger partial charge in [0.05, 0.1) is 11.8 Å². The van der Waals surface area contributed by atoms with Crippen molar-refractivity contribution in [2.75, 3.05) is 0 Å². The fraction of sp³-hybridized carbons (Fsp3) is 0.200. The molecule has 0 atom stereocenters. The largest absolute Gasteiger partial charge is 0.469 e. The second-order valence-electron chi connectivity index (χ2n) is 3.14. The third-order valence-corrected chi connectivity index (χ3v) is 2.48. The number of allylic oxidation sites excluding steroid dienone is 1. The first-order chi connectivity index (χ1) is 7.24. The number of aromatic nitrogens is 3. The number of nitrogens with one attached hydrogen (secondary N) is 1. The van der Waals surface area contributed by atoms with Crippen LogP contribution in [-0.2, 0) is 6.54 Å². The molecule has 0 unspecified atom stereocenters. The van der Waals surface area contributed by atoms with Crippen molar-refractivity contribution in [3.05, 3.63) is 35.5 Å². The molecular formula is C10H11N3OS. The second-order valence-corrected chi connectivity index (χ2v) is 3.53. The van der Waals surface area contributed by atoms with Crippen molar-refractivity contribution in [1.82, 2.24) is 14.8 Å². The number of aromatic amines is 1. The van der Waals surface area contributed by atoms with Crippen LogP contribution in [0, 0.1) is 11.7 Å². The van der Waals surface area contributed by atoms with Crippen LogP contribution in [0.3, 0.4) is 0 Å². The zero-order valence-corrected chi connectivity index (χ0v) is 9.17. The van der Waals surface area contributed by atoms with Crippen LogP contribution < -0.4 is 0 Å². The Labute approximate surface area is 92.2 Å². The van der Waals surface area contributed by atoms with Gasteiger partial charge in [-0.2, -0.15) is 5.10 Å². The molecule has 0 fully saturated rings. The van der Waals surface area contributed by atoms with Crippen LogP contribution in [0.25, 0.3) is 11.4 Å². The van der Waals surface area contributed by atoms with E-state index in [0.717, 1.165) is 17.1 Å². The summed E-state index contributed by atoms with van der Waals surface area (Å²) in [6.45, 7) is 6.22. The molecule has 2 rings (SSSR count). The van der Waals surface area contributed by atoms with Gasteiger partial charge in [0.25, 0.3) is 0 Å². The minimum Gasteiger partial charge on any atom is -0.469 e. The lowest BCUT2D eigenvalue weighted by molar-refractivity contribution is 0.534. The van der Waals surface area contributed by atoms with E-state index in [4.69, 9.17) is 16.6 Å². The average molecular weight is 221 g/mol. The Hall–Kier alpha value is -1.62. The summed E-state index contributed by atoms with van der Waals surface area (Å²) in [5, 5.41) is 6.94. The fourth-order valence-corrected chi connectivity index (χ4v) is 1.65. The molecule has 0 amide bonds. The Morgan fingerprint density at radius 3 is 3.13 bits per heavy atom. The molecule has 0 aliphatic carbocycles. The summed E-state index contributed by atoms with van der Waals surface area (Å²) in [7, 11) is 0. The van der Waals surface area contributed by atoms with Crippen molar-refractivity contribution >= 4 is 12.2 Å². The maximum atomic E-state index is 5.23. The quantitative estimate of drug-likeness (QED) is 0.640. The zero-order chi connectivity index (χ0) is 10.8. The molecule has 0 aromatic carbocycles. The fourth-order valence-electron chi connectivity index (χ4n) is 1.44. The molecule has 0 aliphatic heterocycles. The summed E-state index contributed by atoms with van der Waals surface area (Å²) in [5.41, 5.74) is 0.948. The molecule has 0 radical (unpaired) electrons. The molecular weight excluding hydrogens is 210 g/mol. The molecule has 0 bridgehead atoms. The summed E-state index contributed by atoms with van der Waals surface area (Å²) >= 11 is 5.12. The zero-order valence-electron chi connectivity index (χ0n) is 8.36. The van der Waals surface area contributed by atoms with E-state index >= 15 is 0 Å². The highest BCUT2D eigenvalue weighted by molar-refractivity contribution is 7.71. The van der Waals surface area contributed by atoms with Gasteiger partial charge >= 0.3 is 0 Å². The van der Waals surface area contributed by atoms with Crippen LogP contribution in [0.2, 0.25) is 0 Å². The van der Waals surface area contributed by atoms with Crippen molar-refractivity contribution in [1.29, 1.82) is 0 Å². The highest BCUT2D eigenvalue weighted by atomic mass is 32.1. The minimum atomic E-state index is 0.588. The molecule has 0 aliphatic rings. The summed E-state index contributed by atoms with van der Waals surface area (Å²) in [6, 6.07) is 1.87. The number of hydrogen-bond acceptors (Lipinski definition) is 3. The smallest absolute Gasteiger partial charge is 0.195 e. The average Bonchev–Trinajstić information content (AvgIpc) is 2.76. The normalized spacial score (nSPS) is 10.5. The number of H-pyrrole nitrogens is 1. The van der Waals surface area contributed by atoms with E-state index in [-0.39, 0.29) is 0 Å². The Kier molecular flexibility index (Phi) is 2.55. The molecule has 0 spiro atoms. The third-order valence-electron chi connectivity index (χ3n) is 2.17. The number of hydrogen-bond donors (Lipinski definition) is 1. The maximum absolute atomic E-state index is 5.23. The topological polar surface area (TPSA) is 46.8 Å². The first-order valence-corrected chi connectivity index (χ1v) is 4.95. The van der Waals surface area contributed by atoms with Crippen LogP contribution in [0.5, 0.6) is 0 Å². The third kappa shape index (κ3) is 1.66. The van der Waals surface area contributed by atoms with E-state index in [2.05, 4.69) is 16.8 Å². The molecule has 1 N–H and O–H groups in total. The summed E-state index contributed by atoms with van der Waals surface area (Å²) < 4.78 is 7.70. The monoisotopic (exact) mass is 221 g/mol. The molecule has 2 heterocycles. The van der Waals surface area contributed by atoms with E-state index in [1.54, 1.807) is 12.3 Å². The highest BCUT2D eigenvalue weighted by Gasteiger charge is 2.11. The Bertz CT molecular complexity index is 535. The molecule has 78 valence electrons. The Balaban J connectivity index is 2.58. The van der Waals surface area contributed by atoms with Crippen LogP contribution in [0.15, 0.2) is 29.4 Å². The molecule has 2 aromatic heterocycles. The molecule has 0 saturated carbocycles.